The minimum Gasteiger partial charge on any atom is -0.478 e. The van der Waals surface area contributed by atoms with Crippen molar-refractivity contribution in [1.82, 2.24) is 0 Å². The van der Waals surface area contributed by atoms with Crippen LogP contribution in [-0.4, -0.2) is 11.1 Å². The average molecular weight is 411 g/mol. The van der Waals surface area contributed by atoms with Crippen LogP contribution in [0.15, 0.2) is 72.8 Å². The number of hydrogen-bond donors (Lipinski definition) is 1. The zero-order valence-corrected chi connectivity index (χ0v) is 18.8. The fourth-order valence-electron chi connectivity index (χ4n) is 4.60. The molecule has 158 valence electrons. The zero-order valence-electron chi connectivity index (χ0n) is 18.8. The molecule has 1 aliphatic carbocycles. The second-order valence-electron chi connectivity index (χ2n) is 9.88. The van der Waals surface area contributed by atoms with Gasteiger partial charge in [0.1, 0.15) is 0 Å². The molecule has 1 aliphatic rings. The Labute approximate surface area is 185 Å². The number of benzene rings is 3. The van der Waals surface area contributed by atoms with Gasteiger partial charge in [-0.15, -0.1) is 0 Å². The van der Waals surface area contributed by atoms with Crippen molar-refractivity contribution in [3.05, 3.63) is 106 Å². The Kier molecular flexibility index (Phi) is 5.35. The molecule has 4 rings (SSSR count). The van der Waals surface area contributed by atoms with E-state index in [0.29, 0.717) is 5.56 Å². The van der Waals surface area contributed by atoms with E-state index in [-0.39, 0.29) is 10.8 Å². The third-order valence-electron chi connectivity index (χ3n) is 6.72. The highest BCUT2D eigenvalue weighted by molar-refractivity contribution is 5.93. The van der Waals surface area contributed by atoms with Gasteiger partial charge in [-0.25, -0.2) is 4.79 Å². The summed E-state index contributed by atoms with van der Waals surface area (Å²) in [6.45, 7) is 9.39. The minimum atomic E-state index is -0.904. The first kappa shape index (κ1) is 21.1. The third-order valence-corrected chi connectivity index (χ3v) is 6.72. The van der Waals surface area contributed by atoms with E-state index < -0.39 is 5.97 Å². The molecule has 0 saturated heterocycles. The van der Waals surface area contributed by atoms with Crippen molar-refractivity contribution in [2.24, 2.45) is 0 Å². The molecule has 2 heteroatoms. The number of carboxylic acids is 1. The van der Waals surface area contributed by atoms with Crippen molar-refractivity contribution in [3.63, 3.8) is 0 Å². The van der Waals surface area contributed by atoms with Crippen molar-refractivity contribution in [2.45, 2.75) is 51.4 Å². The Bertz CT molecular complexity index is 1130. The van der Waals surface area contributed by atoms with Crippen LogP contribution in [0.3, 0.4) is 0 Å². The Morgan fingerprint density at radius 3 is 1.94 bits per heavy atom. The predicted octanol–water partition coefficient (Wildman–Crippen LogP) is 7.32. The summed E-state index contributed by atoms with van der Waals surface area (Å²) in [6, 6.07) is 24.4. The molecule has 0 fully saturated rings. The van der Waals surface area contributed by atoms with Gasteiger partial charge in [-0.2, -0.15) is 0 Å². The Hall–Kier alpha value is -3.13. The molecule has 1 N–H and O–H groups in total. The molecule has 0 atom stereocenters. The fourth-order valence-corrected chi connectivity index (χ4v) is 4.60. The summed E-state index contributed by atoms with van der Waals surface area (Å²) < 4.78 is 0. The normalized spacial score (nSPS) is 17.1. The van der Waals surface area contributed by atoms with Crippen LogP contribution < -0.4 is 0 Å². The van der Waals surface area contributed by atoms with E-state index in [4.69, 9.17) is 0 Å². The van der Waals surface area contributed by atoms with E-state index in [9.17, 15) is 9.90 Å². The summed E-state index contributed by atoms with van der Waals surface area (Å²) in [5.41, 5.74) is 7.99. The number of carboxylic acid groups (broad SMARTS) is 1. The summed E-state index contributed by atoms with van der Waals surface area (Å²) in [4.78, 5) is 11.2. The number of hydrogen-bond acceptors (Lipinski definition) is 1. The number of fused-ring (bicyclic) bond motifs is 1. The Morgan fingerprint density at radius 2 is 1.32 bits per heavy atom. The monoisotopic (exact) mass is 410 g/mol. The minimum absolute atomic E-state index is 0.145. The third kappa shape index (κ3) is 4.20. The molecule has 0 aliphatic heterocycles. The molecular weight excluding hydrogens is 380 g/mol. The molecule has 0 radical (unpaired) electrons. The molecule has 2 nitrogen and oxygen atoms in total. The lowest BCUT2D eigenvalue weighted by atomic mass is 9.63. The lowest BCUT2D eigenvalue weighted by Gasteiger charge is -2.42. The molecule has 0 amide bonds. The van der Waals surface area contributed by atoms with E-state index in [1.54, 1.807) is 12.1 Å². The number of carbonyl (C=O) groups is 1. The van der Waals surface area contributed by atoms with Gasteiger partial charge in [0.2, 0.25) is 0 Å². The number of aromatic carboxylic acids is 1. The van der Waals surface area contributed by atoms with Crippen LogP contribution >= 0.6 is 0 Å². The molecule has 0 spiro atoms. The maximum Gasteiger partial charge on any atom is 0.335 e. The first-order chi connectivity index (χ1) is 14.7. The van der Waals surface area contributed by atoms with Gasteiger partial charge in [0, 0.05) is 0 Å². The topological polar surface area (TPSA) is 37.3 Å². The lowest BCUT2D eigenvalue weighted by molar-refractivity contribution is 0.0697. The van der Waals surface area contributed by atoms with Crippen molar-refractivity contribution in [1.29, 1.82) is 0 Å². The summed E-state index contributed by atoms with van der Waals surface area (Å²) in [6.07, 6.45) is 4.53. The average Bonchev–Trinajstić information content (AvgIpc) is 2.76. The quantitative estimate of drug-likeness (QED) is 0.457. The van der Waals surface area contributed by atoms with E-state index in [0.717, 1.165) is 16.7 Å². The van der Waals surface area contributed by atoms with Crippen molar-refractivity contribution in [3.8, 4) is 0 Å². The molecule has 3 aromatic rings. The van der Waals surface area contributed by atoms with Crippen molar-refractivity contribution >= 4 is 17.6 Å². The smallest absolute Gasteiger partial charge is 0.335 e. The van der Waals surface area contributed by atoms with E-state index in [1.165, 1.54) is 29.5 Å². The Balaban J connectivity index is 1.87. The van der Waals surface area contributed by atoms with Gasteiger partial charge in [0.05, 0.1) is 5.56 Å². The van der Waals surface area contributed by atoms with E-state index in [2.05, 4.69) is 76.2 Å². The van der Waals surface area contributed by atoms with Gasteiger partial charge < -0.3 is 5.11 Å². The van der Waals surface area contributed by atoms with Gasteiger partial charge in [-0.1, -0.05) is 88.4 Å². The van der Waals surface area contributed by atoms with Crippen LogP contribution in [0.5, 0.6) is 0 Å². The van der Waals surface area contributed by atoms with Gasteiger partial charge in [-0.3, -0.25) is 0 Å². The Morgan fingerprint density at radius 1 is 0.742 bits per heavy atom. The van der Waals surface area contributed by atoms with Crippen molar-refractivity contribution in [2.75, 3.05) is 0 Å². The van der Waals surface area contributed by atoms with Crippen LogP contribution in [0.1, 0.15) is 78.7 Å². The first-order valence-electron chi connectivity index (χ1n) is 10.9. The van der Waals surface area contributed by atoms with Crippen LogP contribution in [0.25, 0.3) is 11.6 Å². The maximum absolute atomic E-state index is 11.2. The summed E-state index contributed by atoms with van der Waals surface area (Å²) in [7, 11) is 0. The summed E-state index contributed by atoms with van der Waals surface area (Å²) >= 11 is 0. The van der Waals surface area contributed by atoms with Gasteiger partial charge in [0.15, 0.2) is 0 Å². The second kappa shape index (κ2) is 7.85. The highest BCUT2D eigenvalue weighted by atomic mass is 16.4. The summed E-state index contributed by atoms with van der Waals surface area (Å²) in [5, 5.41) is 9.20. The van der Waals surface area contributed by atoms with Crippen LogP contribution in [0, 0.1) is 0 Å². The second-order valence-corrected chi connectivity index (χ2v) is 9.88. The highest BCUT2D eigenvalue weighted by Gasteiger charge is 2.37. The fraction of sp³-hybridized carbons (Fsp3) is 0.276. The molecule has 31 heavy (non-hydrogen) atoms. The molecular formula is C29H30O2. The molecule has 0 bridgehead atoms. The van der Waals surface area contributed by atoms with Crippen LogP contribution in [0.2, 0.25) is 0 Å². The predicted molar refractivity (Wildman–Crippen MR) is 129 cm³/mol. The molecule has 0 heterocycles. The van der Waals surface area contributed by atoms with Crippen LogP contribution in [0.4, 0.5) is 0 Å². The molecule has 0 saturated carbocycles. The van der Waals surface area contributed by atoms with Crippen molar-refractivity contribution < 1.29 is 9.90 Å². The maximum atomic E-state index is 11.2. The van der Waals surface area contributed by atoms with Crippen LogP contribution in [-0.2, 0) is 10.8 Å². The molecule has 0 aromatic heterocycles. The summed E-state index contributed by atoms with van der Waals surface area (Å²) in [5.74, 6) is -0.904. The standard InChI is InChI=1S/C29H30O2/c1-28(2)16-17-29(3,4)26-19-23(14-15-25(26)28)24(21-8-6-5-7-9-21)18-20-10-12-22(13-11-20)27(30)31/h5-15,18-19H,16-17H2,1-4H3,(H,30,31)/b24-18-. The largest absolute Gasteiger partial charge is 0.478 e. The van der Waals surface area contributed by atoms with Gasteiger partial charge in [0.25, 0.3) is 0 Å². The zero-order chi connectivity index (χ0) is 22.2. The van der Waals surface area contributed by atoms with E-state index in [1.807, 2.05) is 18.2 Å². The molecule has 3 aromatic carbocycles. The van der Waals surface area contributed by atoms with E-state index >= 15 is 0 Å². The van der Waals surface area contributed by atoms with Gasteiger partial charge in [-0.05, 0) is 75.3 Å². The highest BCUT2D eigenvalue weighted by Crippen LogP contribution is 2.46. The SMILES string of the molecule is CC1(C)CCC(C)(C)c2cc(/C(=C\c3ccc(C(=O)O)cc3)c3ccccc3)ccc21. The number of rotatable bonds is 4. The molecule has 0 unspecified atom stereocenters. The van der Waals surface area contributed by atoms with Gasteiger partial charge >= 0.3 is 5.97 Å². The lowest BCUT2D eigenvalue weighted by Crippen LogP contribution is -2.33. The first-order valence-corrected chi connectivity index (χ1v) is 10.9.